The summed E-state index contributed by atoms with van der Waals surface area (Å²) in [6.45, 7) is 2.15. The molecule has 1 unspecified atom stereocenters. The molecule has 0 aromatic carbocycles. The van der Waals surface area contributed by atoms with Crippen LogP contribution in [0.2, 0.25) is 0 Å². The summed E-state index contributed by atoms with van der Waals surface area (Å²) < 4.78 is 4.01. The largest absolute Gasteiger partial charge is 0.323 e. The van der Waals surface area contributed by atoms with E-state index in [1.54, 1.807) is 11.3 Å². The first-order valence-electron chi connectivity index (χ1n) is 5.40. The molecule has 0 saturated carbocycles. The highest BCUT2D eigenvalue weighted by molar-refractivity contribution is 7.10. The summed E-state index contributed by atoms with van der Waals surface area (Å²) in [6, 6.07) is 4.23. The van der Waals surface area contributed by atoms with E-state index in [2.05, 4.69) is 34.0 Å². The average Bonchev–Trinajstić information content (AvgIpc) is 2.89. The van der Waals surface area contributed by atoms with Crippen molar-refractivity contribution >= 4 is 22.9 Å². The summed E-state index contributed by atoms with van der Waals surface area (Å²) in [5, 5.41) is 6.23. The van der Waals surface area contributed by atoms with Crippen LogP contribution in [0.3, 0.4) is 0 Å². The lowest BCUT2D eigenvalue weighted by molar-refractivity contribution is 0.722. The maximum Gasteiger partial charge on any atom is 0.0803 e. The van der Waals surface area contributed by atoms with Gasteiger partial charge in [0.1, 0.15) is 0 Å². The molecule has 2 rings (SSSR count). The molecule has 2 heterocycles. The van der Waals surface area contributed by atoms with E-state index >= 15 is 0 Å². The summed E-state index contributed by atoms with van der Waals surface area (Å²) in [7, 11) is 0. The van der Waals surface area contributed by atoms with E-state index in [1.807, 2.05) is 0 Å². The quantitative estimate of drug-likeness (QED) is 0.891. The van der Waals surface area contributed by atoms with Gasteiger partial charge < -0.3 is 5.73 Å². The molecule has 0 fully saturated rings. The molecule has 2 aromatic rings. The van der Waals surface area contributed by atoms with Gasteiger partial charge in [0, 0.05) is 17.3 Å². The predicted molar refractivity (Wildman–Crippen MR) is 68.9 cm³/mol. The first-order valence-corrected chi connectivity index (χ1v) is 7.05. The minimum atomic E-state index is 0.0419. The van der Waals surface area contributed by atoms with Gasteiger partial charge in [0.2, 0.25) is 0 Å². The third kappa shape index (κ3) is 2.66. The Hall–Kier alpha value is -0.780. The molecule has 0 amide bonds. The van der Waals surface area contributed by atoms with E-state index in [0.717, 1.165) is 29.8 Å². The highest BCUT2D eigenvalue weighted by atomic mass is 32.1. The van der Waals surface area contributed by atoms with Crippen LogP contribution in [-0.4, -0.2) is 9.59 Å². The van der Waals surface area contributed by atoms with Gasteiger partial charge in [-0.05, 0) is 29.4 Å². The molecule has 3 nitrogen and oxygen atoms in total. The van der Waals surface area contributed by atoms with Crippen molar-refractivity contribution in [3.63, 3.8) is 0 Å². The fraction of sp³-hybridized carbons (Fsp3) is 0.455. The Balaban J connectivity index is 2.08. The van der Waals surface area contributed by atoms with E-state index in [-0.39, 0.29) is 6.04 Å². The monoisotopic (exact) mass is 253 g/mol. The molecule has 0 aliphatic rings. The number of rotatable bonds is 5. The maximum absolute atomic E-state index is 6.20. The van der Waals surface area contributed by atoms with E-state index in [1.165, 1.54) is 16.4 Å². The zero-order chi connectivity index (χ0) is 11.4. The van der Waals surface area contributed by atoms with E-state index < -0.39 is 0 Å². The van der Waals surface area contributed by atoms with Gasteiger partial charge in [-0.25, -0.2) is 0 Å². The second-order valence-electron chi connectivity index (χ2n) is 3.72. The Kier molecular flexibility index (Phi) is 4.04. The van der Waals surface area contributed by atoms with Crippen molar-refractivity contribution in [1.82, 2.24) is 9.59 Å². The van der Waals surface area contributed by atoms with Gasteiger partial charge in [-0.1, -0.05) is 23.9 Å². The lowest BCUT2D eigenvalue weighted by Crippen LogP contribution is -2.13. The Bertz CT molecular complexity index is 422. The summed E-state index contributed by atoms with van der Waals surface area (Å²) in [5.41, 5.74) is 7.28. The van der Waals surface area contributed by atoms with Crippen molar-refractivity contribution < 1.29 is 0 Å². The van der Waals surface area contributed by atoms with Crippen LogP contribution in [0.25, 0.3) is 0 Å². The molecule has 2 aromatic heterocycles. The minimum absolute atomic E-state index is 0.0419. The molecular weight excluding hydrogens is 238 g/mol. The second-order valence-corrected chi connectivity index (χ2v) is 5.54. The van der Waals surface area contributed by atoms with Crippen LogP contribution in [0.1, 0.15) is 34.8 Å². The maximum atomic E-state index is 6.20. The summed E-state index contributed by atoms with van der Waals surface area (Å²) in [4.78, 5) is 2.47. The molecule has 0 radical (unpaired) electrons. The van der Waals surface area contributed by atoms with Crippen LogP contribution in [0, 0.1) is 0 Å². The molecule has 5 heteroatoms. The van der Waals surface area contributed by atoms with Crippen molar-refractivity contribution in [1.29, 1.82) is 0 Å². The number of aromatic nitrogens is 2. The lowest BCUT2D eigenvalue weighted by Gasteiger charge is -2.08. The predicted octanol–water partition coefficient (Wildman–Crippen LogP) is 2.79. The molecule has 0 aliphatic carbocycles. The zero-order valence-electron chi connectivity index (χ0n) is 9.22. The van der Waals surface area contributed by atoms with Crippen molar-refractivity contribution in [2.45, 2.75) is 32.2 Å². The molecule has 0 spiro atoms. The highest BCUT2D eigenvalue weighted by Gasteiger charge is 2.15. The number of thiophene rings is 1. The van der Waals surface area contributed by atoms with Crippen LogP contribution >= 0.6 is 22.9 Å². The number of nitrogens with two attached hydrogens (primary N) is 1. The third-order valence-corrected chi connectivity index (χ3v) is 4.21. The van der Waals surface area contributed by atoms with Gasteiger partial charge in [-0.15, -0.1) is 16.4 Å². The van der Waals surface area contributed by atoms with Gasteiger partial charge in [-0.3, -0.25) is 0 Å². The number of hydrogen-bond acceptors (Lipinski definition) is 5. The molecule has 0 bridgehead atoms. The Morgan fingerprint density at radius 2 is 2.38 bits per heavy atom. The number of aryl methyl sites for hydroxylation is 1. The third-order valence-electron chi connectivity index (χ3n) is 2.41. The highest BCUT2D eigenvalue weighted by Crippen LogP contribution is 2.24. The Labute approximate surface area is 103 Å². The number of hydrogen-bond donors (Lipinski definition) is 1. The first-order chi connectivity index (χ1) is 7.81. The summed E-state index contributed by atoms with van der Waals surface area (Å²) >= 11 is 3.19. The van der Waals surface area contributed by atoms with Crippen LogP contribution < -0.4 is 5.73 Å². The smallest absolute Gasteiger partial charge is 0.0803 e. The minimum Gasteiger partial charge on any atom is -0.323 e. The van der Waals surface area contributed by atoms with Crippen molar-refractivity contribution in [2.75, 3.05) is 0 Å². The number of nitrogens with zero attached hydrogens (tertiary/aromatic N) is 2. The lowest BCUT2D eigenvalue weighted by atomic mass is 10.1. The summed E-state index contributed by atoms with van der Waals surface area (Å²) in [5.74, 6) is 0. The van der Waals surface area contributed by atoms with Crippen LogP contribution in [0.5, 0.6) is 0 Å². The molecule has 2 N–H and O–H groups in total. The van der Waals surface area contributed by atoms with Crippen LogP contribution in [-0.2, 0) is 12.8 Å². The zero-order valence-corrected chi connectivity index (χ0v) is 10.9. The van der Waals surface area contributed by atoms with Gasteiger partial charge >= 0.3 is 0 Å². The Morgan fingerprint density at radius 3 is 3.06 bits per heavy atom. The fourth-order valence-electron chi connectivity index (χ4n) is 1.65. The summed E-state index contributed by atoms with van der Waals surface area (Å²) in [6.07, 6.45) is 2.95. The fourth-order valence-corrected chi connectivity index (χ4v) is 3.10. The Morgan fingerprint density at radius 1 is 1.50 bits per heavy atom. The molecule has 16 heavy (non-hydrogen) atoms. The van der Waals surface area contributed by atoms with Gasteiger partial charge in [0.05, 0.1) is 10.6 Å². The molecule has 0 saturated heterocycles. The topological polar surface area (TPSA) is 51.8 Å². The van der Waals surface area contributed by atoms with Gasteiger partial charge in [0.15, 0.2) is 0 Å². The molecular formula is C11H15N3S2. The van der Waals surface area contributed by atoms with E-state index in [0.29, 0.717) is 0 Å². The first kappa shape index (κ1) is 11.7. The molecule has 1 atom stereocenters. The normalized spacial score (nSPS) is 12.9. The van der Waals surface area contributed by atoms with Crippen LogP contribution in [0.4, 0.5) is 0 Å². The van der Waals surface area contributed by atoms with Crippen molar-refractivity contribution in [3.8, 4) is 0 Å². The molecule has 0 aliphatic heterocycles. The second kappa shape index (κ2) is 5.52. The standard InChI is InChI=1S/C11H15N3S2/c1-2-4-10-11(16-14-13-10)9(12)7-8-5-3-6-15-8/h3,5-6,9H,2,4,7,12H2,1H3. The van der Waals surface area contributed by atoms with E-state index in [9.17, 15) is 0 Å². The molecule has 86 valence electrons. The average molecular weight is 253 g/mol. The van der Waals surface area contributed by atoms with Gasteiger partial charge in [-0.2, -0.15) is 0 Å². The van der Waals surface area contributed by atoms with Crippen molar-refractivity contribution in [2.24, 2.45) is 5.73 Å². The SMILES string of the molecule is CCCc1nnsc1C(N)Cc1cccs1. The van der Waals surface area contributed by atoms with Gasteiger partial charge in [0.25, 0.3) is 0 Å². The van der Waals surface area contributed by atoms with Crippen LogP contribution in [0.15, 0.2) is 17.5 Å². The van der Waals surface area contributed by atoms with Crippen molar-refractivity contribution in [3.05, 3.63) is 33.0 Å². The van der Waals surface area contributed by atoms with E-state index in [4.69, 9.17) is 5.73 Å².